The zero-order chi connectivity index (χ0) is 12.5. The second-order valence-electron chi connectivity index (χ2n) is 5.05. The van der Waals surface area contributed by atoms with E-state index in [0.717, 1.165) is 43.7 Å². The van der Waals surface area contributed by atoms with E-state index in [-0.39, 0.29) is 6.10 Å². The molecule has 2 aromatic heterocycles. The van der Waals surface area contributed by atoms with Crippen LogP contribution in [0.1, 0.15) is 35.9 Å². The number of fused-ring (bicyclic) bond motifs is 1. The van der Waals surface area contributed by atoms with Crippen molar-refractivity contribution in [1.29, 1.82) is 0 Å². The van der Waals surface area contributed by atoms with Crippen LogP contribution >= 0.6 is 0 Å². The maximum Gasteiger partial charge on any atom is 0.105 e. The van der Waals surface area contributed by atoms with Gasteiger partial charge >= 0.3 is 0 Å². The monoisotopic (exact) mass is 245 g/mol. The minimum Gasteiger partial charge on any atom is -0.388 e. The Morgan fingerprint density at radius 2 is 2.28 bits per heavy atom. The molecule has 1 aliphatic carbocycles. The Kier molecular flexibility index (Phi) is 2.96. The summed E-state index contributed by atoms with van der Waals surface area (Å²) < 4.78 is 4.34. The molecule has 18 heavy (non-hydrogen) atoms. The third-order valence-electron chi connectivity index (χ3n) is 3.80. The normalized spacial score (nSPS) is 18.9. The largest absolute Gasteiger partial charge is 0.388 e. The van der Waals surface area contributed by atoms with Crippen LogP contribution in [0.15, 0.2) is 24.8 Å². The van der Waals surface area contributed by atoms with Crippen molar-refractivity contribution in [3.8, 4) is 0 Å². The van der Waals surface area contributed by atoms with Gasteiger partial charge in [0.1, 0.15) is 5.82 Å². The highest BCUT2D eigenvalue weighted by atomic mass is 16.3. The average molecular weight is 245 g/mol. The predicted molar refractivity (Wildman–Crippen MR) is 69.3 cm³/mol. The van der Waals surface area contributed by atoms with Crippen LogP contribution in [-0.2, 0) is 19.5 Å². The fraction of sp³-hybridized carbons (Fsp3) is 0.500. The second-order valence-corrected chi connectivity index (χ2v) is 5.05. The summed E-state index contributed by atoms with van der Waals surface area (Å²) in [7, 11) is 0. The first kappa shape index (κ1) is 11.5. The molecule has 0 fully saturated rings. The molecule has 3 rings (SSSR count). The number of aliphatic hydroxyl groups excluding tert-OH is 1. The van der Waals surface area contributed by atoms with Gasteiger partial charge in [-0.1, -0.05) is 0 Å². The van der Waals surface area contributed by atoms with E-state index in [2.05, 4.69) is 26.5 Å². The van der Waals surface area contributed by atoms with Gasteiger partial charge in [0, 0.05) is 43.4 Å². The standard InChI is InChI=1S/C14H19N3O/c1-11-15-5-6-17(11)8-7-16-9-12-3-2-4-14(18)13(12)10-16/h5-6,9-10,14,18H,2-4,7-8H2,1H3. The third-order valence-corrected chi connectivity index (χ3v) is 3.80. The summed E-state index contributed by atoms with van der Waals surface area (Å²) in [6.45, 7) is 3.87. The highest BCUT2D eigenvalue weighted by Gasteiger charge is 2.19. The minimum absolute atomic E-state index is 0.259. The molecule has 1 unspecified atom stereocenters. The van der Waals surface area contributed by atoms with E-state index in [9.17, 15) is 5.11 Å². The van der Waals surface area contributed by atoms with Crippen LogP contribution in [-0.4, -0.2) is 19.2 Å². The van der Waals surface area contributed by atoms with Crippen molar-refractivity contribution in [3.63, 3.8) is 0 Å². The van der Waals surface area contributed by atoms with Crippen molar-refractivity contribution >= 4 is 0 Å². The Bertz CT molecular complexity index is 541. The third kappa shape index (κ3) is 2.08. The Balaban J connectivity index is 1.72. The first-order valence-corrected chi connectivity index (χ1v) is 6.58. The lowest BCUT2D eigenvalue weighted by Crippen LogP contribution is -2.06. The SMILES string of the molecule is Cc1nccn1CCn1cc2c(c1)C(O)CCC2. The molecular weight excluding hydrogens is 226 g/mol. The Morgan fingerprint density at radius 1 is 1.39 bits per heavy atom. The van der Waals surface area contributed by atoms with Crippen LogP contribution < -0.4 is 0 Å². The fourth-order valence-corrected chi connectivity index (χ4v) is 2.72. The van der Waals surface area contributed by atoms with Crippen LogP contribution in [0.3, 0.4) is 0 Å². The molecule has 1 aliphatic rings. The molecule has 2 heterocycles. The number of imidazole rings is 1. The van der Waals surface area contributed by atoms with Crippen molar-refractivity contribution in [1.82, 2.24) is 14.1 Å². The van der Waals surface area contributed by atoms with E-state index in [0.29, 0.717) is 0 Å². The number of hydrogen-bond acceptors (Lipinski definition) is 2. The second kappa shape index (κ2) is 4.61. The first-order chi connectivity index (χ1) is 8.74. The van der Waals surface area contributed by atoms with Crippen LogP contribution in [0.25, 0.3) is 0 Å². The van der Waals surface area contributed by atoms with Crippen LogP contribution in [0.2, 0.25) is 0 Å². The van der Waals surface area contributed by atoms with E-state index in [1.165, 1.54) is 5.56 Å². The first-order valence-electron chi connectivity index (χ1n) is 6.58. The maximum atomic E-state index is 9.94. The summed E-state index contributed by atoms with van der Waals surface area (Å²) in [5.74, 6) is 1.05. The van der Waals surface area contributed by atoms with Crippen LogP contribution in [0, 0.1) is 6.92 Å². The summed E-state index contributed by atoms with van der Waals surface area (Å²) in [5.41, 5.74) is 2.44. The van der Waals surface area contributed by atoms with Gasteiger partial charge in [-0.25, -0.2) is 4.98 Å². The van der Waals surface area contributed by atoms with Gasteiger partial charge < -0.3 is 14.2 Å². The fourth-order valence-electron chi connectivity index (χ4n) is 2.72. The zero-order valence-corrected chi connectivity index (χ0v) is 10.7. The molecule has 4 nitrogen and oxygen atoms in total. The lowest BCUT2D eigenvalue weighted by Gasteiger charge is -2.16. The molecule has 4 heteroatoms. The lowest BCUT2D eigenvalue weighted by molar-refractivity contribution is 0.157. The lowest BCUT2D eigenvalue weighted by atomic mass is 9.93. The van der Waals surface area contributed by atoms with Crippen molar-refractivity contribution in [2.45, 2.75) is 45.4 Å². The van der Waals surface area contributed by atoms with Crippen LogP contribution in [0.5, 0.6) is 0 Å². The van der Waals surface area contributed by atoms with Crippen molar-refractivity contribution < 1.29 is 5.11 Å². The molecule has 2 aromatic rings. The van der Waals surface area contributed by atoms with Gasteiger partial charge in [0.2, 0.25) is 0 Å². The number of rotatable bonds is 3. The highest BCUT2D eigenvalue weighted by molar-refractivity contribution is 5.28. The van der Waals surface area contributed by atoms with E-state index in [1.807, 2.05) is 19.3 Å². The number of nitrogens with zero attached hydrogens (tertiary/aromatic N) is 3. The summed E-state index contributed by atoms with van der Waals surface area (Å²) in [6, 6.07) is 0. The Morgan fingerprint density at radius 3 is 3.00 bits per heavy atom. The Hall–Kier alpha value is -1.55. The van der Waals surface area contributed by atoms with Crippen LogP contribution in [0.4, 0.5) is 0 Å². The van der Waals surface area contributed by atoms with Gasteiger partial charge in [0.25, 0.3) is 0 Å². The van der Waals surface area contributed by atoms with Gasteiger partial charge in [-0.3, -0.25) is 0 Å². The zero-order valence-electron chi connectivity index (χ0n) is 10.7. The topological polar surface area (TPSA) is 43.0 Å². The van der Waals surface area contributed by atoms with Gasteiger partial charge in [-0.05, 0) is 31.7 Å². The van der Waals surface area contributed by atoms with Crippen molar-refractivity contribution in [3.05, 3.63) is 41.7 Å². The quantitative estimate of drug-likeness (QED) is 0.899. The number of aromatic nitrogens is 3. The number of aliphatic hydroxyl groups is 1. The summed E-state index contributed by atoms with van der Waals surface area (Å²) >= 11 is 0. The van der Waals surface area contributed by atoms with Gasteiger partial charge in [0.05, 0.1) is 6.10 Å². The number of hydrogen-bond donors (Lipinski definition) is 1. The van der Waals surface area contributed by atoms with Gasteiger partial charge in [0.15, 0.2) is 0 Å². The molecule has 0 saturated carbocycles. The van der Waals surface area contributed by atoms with E-state index < -0.39 is 0 Å². The molecule has 0 amide bonds. The highest BCUT2D eigenvalue weighted by Crippen LogP contribution is 2.30. The molecule has 0 radical (unpaired) electrons. The van der Waals surface area contributed by atoms with Crippen molar-refractivity contribution in [2.24, 2.45) is 0 Å². The van der Waals surface area contributed by atoms with E-state index in [4.69, 9.17) is 0 Å². The Labute approximate surface area is 107 Å². The molecule has 1 N–H and O–H groups in total. The van der Waals surface area contributed by atoms with E-state index in [1.54, 1.807) is 0 Å². The van der Waals surface area contributed by atoms with E-state index >= 15 is 0 Å². The molecule has 0 saturated heterocycles. The van der Waals surface area contributed by atoms with Crippen molar-refractivity contribution in [2.75, 3.05) is 0 Å². The molecule has 0 spiro atoms. The van der Waals surface area contributed by atoms with Gasteiger partial charge in [-0.15, -0.1) is 0 Å². The summed E-state index contributed by atoms with van der Waals surface area (Å²) in [4.78, 5) is 4.22. The predicted octanol–water partition coefficient (Wildman–Crippen LogP) is 2.06. The smallest absolute Gasteiger partial charge is 0.105 e. The molecule has 1 atom stereocenters. The average Bonchev–Trinajstić information content (AvgIpc) is 2.93. The summed E-state index contributed by atoms with van der Waals surface area (Å²) in [5, 5.41) is 9.94. The molecule has 96 valence electrons. The summed E-state index contributed by atoms with van der Waals surface area (Å²) in [6.07, 6.45) is 11.0. The minimum atomic E-state index is -0.259. The molecular formula is C14H19N3O. The van der Waals surface area contributed by atoms with Gasteiger partial charge in [-0.2, -0.15) is 0 Å². The number of aryl methyl sites for hydroxylation is 4. The molecule has 0 aromatic carbocycles. The molecule has 0 aliphatic heterocycles. The molecule has 0 bridgehead atoms. The maximum absolute atomic E-state index is 9.94.